The SMILES string of the molecule is CCOC(=O)C(C#N)=CN(CC)CC. The van der Waals surface area contributed by atoms with Crippen molar-refractivity contribution in [1.29, 1.82) is 5.26 Å². The molecule has 0 aliphatic heterocycles. The highest BCUT2D eigenvalue weighted by atomic mass is 16.5. The van der Waals surface area contributed by atoms with Crippen LogP contribution in [-0.2, 0) is 9.53 Å². The lowest BCUT2D eigenvalue weighted by Gasteiger charge is -2.15. The molecular weight excluding hydrogens is 180 g/mol. The van der Waals surface area contributed by atoms with Crippen LogP contribution in [0.1, 0.15) is 20.8 Å². The Morgan fingerprint density at radius 1 is 1.43 bits per heavy atom. The van der Waals surface area contributed by atoms with Crippen LogP contribution >= 0.6 is 0 Å². The Labute approximate surface area is 84.8 Å². The first-order valence-electron chi connectivity index (χ1n) is 4.72. The van der Waals surface area contributed by atoms with Gasteiger partial charge in [0.05, 0.1) is 6.61 Å². The van der Waals surface area contributed by atoms with E-state index >= 15 is 0 Å². The molecule has 0 aromatic carbocycles. The first-order chi connectivity index (χ1) is 6.69. The predicted octanol–water partition coefficient (Wildman–Crippen LogP) is 1.30. The van der Waals surface area contributed by atoms with E-state index in [0.29, 0.717) is 0 Å². The smallest absolute Gasteiger partial charge is 0.350 e. The lowest BCUT2D eigenvalue weighted by atomic mass is 10.3. The monoisotopic (exact) mass is 196 g/mol. The van der Waals surface area contributed by atoms with E-state index in [0.717, 1.165) is 13.1 Å². The standard InChI is InChI=1S/C10H16N2O2/c1-4-12(5-2)8-9(7-11)10(13)14-6-3/h8H,4-6H2,1-3H3. The Kier molecular flexibility index (Phi) is 6.21. The highest BCUT2D eigenvalue weighted by Crippen LogP contribution is 2.00. The van der Waals surface area contributed by atoms with Gasteiger partial charge in [-0.25, -0.2) is 4.79 Å². The van der Waals surface area contributed by atoms with Crippen molar-refractivity contribution in [2.45, 2.75) is 20.8 Å². The molecule has 0 aliphatic carbocycles. The molecule has 0 radical (unpaired) electrons. The third-order valence-corrected chi connectivity index (χ3v) is 1.74. The van der Waals surface area contributed by atoms with E-state index in [9.17, 15) is 4.79 Å². The number of hydrogen-bond acceptors (Lipinski definition) is 4. The van der Waals surface area contributed by atoms with Gasteiger partial charge in [-0.15, -0.1) is 0 Å². The van der Waals surface area contributed by atoms with Gasteiger partial charge in [0.1, 0.15) is 6.07 Å². The molecule has 0 heterocycles. The molecule has 0 spiro atoms. The van der Waals surface area contributed by atoms with Gasteiger partial charge < -0.3 is 9.64 Å². The van der Waals surface area contributed by atoms with Crippen LogP contribution in [0.15, 0.2) is 11.8 Å². The first kappa shape index (κ1) is 12.5. The van der Waals surface area contributed by atoms with E-state index in [1.807, 2.05) is 24.8 Å². The number of rotatable bonds is 5. The molecule has 0 N–H and O–H groups in total. The minimum atomic E-state index is -0.554. The van der Waals surface area contributed by atoms with Crippen LogP contribution in [0.25, 0.3) is 0 Å². The molecule has 0 aliphatic rings. The summed E-state index contributed by atoms with van der Waals surface area (Å²) in [6.07, 6.45) is 1.54. The van der Waals surface area contributed by atoms with Crippen molar-refractivity contribution >= 4 is 5.97 Å². The Morgan fingerprint density at radius 2 is 2.00 bits per heavy atom. The van der Waals surface area contributed by atoms with Gasteiger partial charge in [-0.05, 0) is 20.8 Å². The van der Waals surface area contributed by atoms with Gasteiger partial charge in [0.2, 0.25) is 0 Å². The third-order valence-electron chi connectivity index (χ3n) is 1.74. The third kappa shape index (κ3) is 3.94. The molecule has 0 bridgehead atoms. The molecule has 0 aromatic heterocycles. The molecule has 14 heavy (non-hydrogen) atoms. The van der Waals surface area contributed by atoms with E-state index in [-0.39, 0.29) is 12.2 Å². The van der Waals surface area contributed by atoms with Crippen molar-refractivity contribution < 1.29 is 9.53 Å². The Morgan fingerprint density at radius 3 is 2.36 bits per heavy atom. The molecule has 0 rings (SSSR count). The van der Waals surface area contributed by atoms with Crippen LogP contribution in [0.3, 0.4) is 0 Å². The average molecular weight is 196 g/mol. The second-order valence-electron chi connectivity index (χ2n) is 2.60. The molecule has 0 amide bonds. The van der Waals surface area contributed by atoms with E-state index in [4.69, 9.17) is 10.00 Å². The number of nitrogens with zero attached hydrogens (tertiary/aromatic N) is 2. The fourth-order valence-corrected chi connectivity index (χ4v) is 0.925. The Hall–Kier alpha value is -1.50. The predicted molar refractivity (Wildman–Crippen MR) is 53.3 cm³/mol. The molecule has 78 valence electrons. The zero-order valence-corrected chi connectivity index (χ0v) is 8.91. The maximum absolute atomic E-state index is 11.2. The first-order valence-corrected chi connectivity index (χ1v) is 4.72. The van der Waals surface area contributed by atoms with Crippen LogP contribution in [-0.4, -0.2) is 30.6 Å². The zero-order chi connectivity index (χ0) is 11.0. The van der Waals surface area contributed by atoms with Crippen LogP contribution in [0.5, 0.6) is 0 Å². The van der Waals surface area contributed by atoms with Crippen molar-refractivity contribution in [3.8, 4) is 6.07 Å². The van der Waals surface area contributed by atoms with Gasteiger partial charge in [0.15, 0.2) is 5.57 Å². The summed E-state index contributed by atoms with van der Waals surface area (Å²) in [5, 5.41) is 8.72. The molecule has 0 fully saturated rings. The van der Waals surface area contributed by atoms with Gasteiger partial charge in [0.25, 0.3) is 0 Å². The van der Waals surface area contributed by atoms with Crippen molar-refractivity contribution in [2.75, 3.05) is 19.7 Å². The van der Waals surface area contributed by atoms with Crippen molar-refractivity contribution in [3.63, 3.8) is 0 Å². The fraction of sp³-hybridized carbons (Fsp3) is 0.600. The number of esters is 1. The molecule has 0 saturated carbocycles. The minimum Gasteiger partial charge on any atom is -0.462 e. The summed E-state index contributed by atoms with van der Waals surface area (Å²) in [6, 6.07) is 1.83. The summed E-state index contributed by atoms with van der Waals surface area (Å²) in [5.41, 5.74) is 0.0514. The van der Waals surface area contributed by atoms with Gasteiger partial charge in [-0.1, -0.05) is 0 Å². The second kappa shape index (κ2) is 6.96. The summed E-state index contributed by atoms with van der Waals surface area (Å²) in [5.74, 6) is -0.554. The van der Waals surface area contributed by atoms with Crippen molar-refractivity contribution in [3.05, 3.63) is 11.8 Å². The van der Waals surface area contributed by atoms with E-state index in [1.165, 1.54) is 6.20 Å². The highest BCUT2D eigenvalue weighted by molar-refractivity contribution is 5.92. The quantitative estimate of drug-likeness (QED) is 0.378. The largest absolute Gasteiger partial charge is 0.462 e. The number of nitriles is 1. The molecule has 0 atom stereocenters. The van der Waals surface area contributed by atoms with Crippen LogP contribution in [0.4, 0.5) is 0 Å². The van der Waals surface area contributed by atoms with E-state index in [1.54, 1.807) is 6.92 Å². The lowest BCUT2D eigenvalue weighted by Crippen LogP contribution is -2.18. The number of hydrogen-bond donors (Lipinski definition) is 0. The summed E-state index contributed by atoms with van der Waals surface area (Å²) < 4.78 is 4.73. The molecule has 4 nitrogen and oxygen atoms in total. The van der Waals surface area contributed by atoms with Crippen LogP contribution < -0.4 is 0 Å². The maximum atomic E-state index is 11.2. The minimum absolute atomic E-state index is 0.0514. The summed E-state index contributed by atoms with van der Waals surface area (Å²) >= 11 is 0. The second-order valence-corrected chi connectivity index (χ2v) is 2.60. The highest BCUT2D eigenvalue weighted by Gasteiger charge is 2.10. The average Bonchev–Trinajstić information content (AvgIpc) is 2.20. The molecular formula is C10H16N2O2. The summed E-state index contributed by atoms with van der Waals surface area (Å²) in [7, 11) is 0. The van der Waals surface area contributed by atoms with Gasteiger partial charge >= 0.3 is 5.97 Å². The maximum Gasteiger partial charge on any atom is 0.350 e. The zero-order valence-electron chi connectivity index (χ0n) is 8.91. The number of carbonyl (C=O) groups is 1. The molecule has 4 heteroatoms. The van der Waals surface area contributed by atoms with Crippen LogP contribution in [0, 0.1) is 11.3 Å². The Balaban J connectivity index is 4.54. The van der Waals surface area contributed by atoms with Crippen LogP contribution in [0.2, 0.25) is 0 Å². The van der Waals surface area contributed by atoms with Gasteiger partial charge in [-0.3, -0.25) is 0 Å². The normalized spacial score (nSPS) is 10.6. The number of carbonyl (C=O) groups excluding carboxylic acids is 1. The molecule has 0 aromatic rings. The Bertz CT molecular complexity index is 249. The molecule has 0 saturated heterocycles. The van der Waals surface area contributed by atoms with E-state index < -0.39 is 5.97 Å². The molecule has 0 unspecified atom stereocenters. The topological polar surface area (TPSA) is 53.3 Å². The fourth-order valence-electron chi connectivity index (χ4n) is 0.925. The lowest BCUT2D eigenvalue weighted by molar-refractivity contribution is -0.138. The van der Waals surface area contributed by atoms with E-state index in [2.05, 4.69) is 0 Å². The van der Waals surface area contributed by atoms with Gasteiger partial charge in [-0.2, -0.15) is 5.26 Å². The van der Waals surface area contributed by atoms with Crippen molar-refractivity contribution in [1.82, 2.24) is 4.90 Å². The summed E-state index contributed by atoms with van der Waals surface area (Å²) in [6.45, 7) is 7.45. The number of ether oxygens (including phenoxy) is 1. The van der Waals surface area contributed by atoms with Gasteiger partial charge in [0, 0.05) is 19.3 Å². The van der Waals surface area contributed by atoms with Crippen molar-refractivity contribution in [2.24, 2.45) is 0 Å². The summed E-state index contributed by atoms with van der Waals surface area (Å²) in [4.78, 5) is 13.1.